The molecular weight excluding hydrogens is 239 g/mol. The first-order valence-corrected chi connectivity index (χ1v) is 7.46. The molecule has 0 aromatic heterocycles. The van der Waals surface area contributed by atoms with Crippen LogP contribution >= 0.6 is 0 Å². The van der Waals surface area contributed by atoms with Gasteiger partial charge in [0.15, 0.2) is 0 Å². The molecule has 2 nitrogen and oxygen atoms in total. The van der Waals surface area contributed by atoms with Crippen LogP contribution in [0.3, 0.4) is 0 Å². The van der Waals surface area contributed by atoms with Gasteiger partial charge in [0.05, 0.1) is 0 Å². The third kappa shape index (κ3) is 3.93. The number of halogens is 1. The minimum atomic E-state index is -0.165. The maximum absolute atomic E-state index is 13.0. The molecule has 2 unspecified atom stereocenters. The lowest BCUT2D eigenvalue weighted by Crippen LogP contribution is -2.42. The topological polar surface area (TPSA) is 15.3 Å². The van der Waals surface area contributed by atoms with Crippen LogP contribution in [0.5, 0.6) is 0 Å². The molecule has 19 heavy (non-hydrogen) atoms. The molecule has 0 spiro atoms. The minimum Gasteiger partial charge on any atom is -0.369 e. The normalized spacial score (nSPS) is 21.1. The van der Waals surface area contributed by atoms with Crippen LogP contribution in [0.2, 0.25) is 0 Å². The van der Waals surface area contributed by atoms with E-state index < -0.39 is 0 Å². The standard InChI is InChI=1S/C16H25FN2/c1-3-19(16-9-7-14(17)8-10-16)13(2)12-15-6-4-5-11-18-15/h7-10,13,15,18H,3-6,11-12H2,1-2H3. The smallest absolute Gasteiger partial charge is 0.123 e. The van der Waals surface area contributed by atoms with Crippen LogP contribution in [0.25, 0.3) is 0 Å². The van der Waals surface area contributed by atoms with Gasteiger partial charge in [-0.1, -0.05) is 6.42 Å². The Morgan fingerprint density at radius 3 is 2.63 bits per heavy atom. The van der Waals surface area contributed by atoms with Gasteiger partial charge in [-0.3, -0.25) is 0 Å². The Kier molecular flexibility index (Phi) is 5.20. The van der Waals surface area contributed by atoms with Gasteiger partial charge >= 0.3 is 0 Å². The average molecular weight is 264 g/mol. The number of hydrogen-bond donors (Lipinski definition) is 1. The zero-order valence-corrected chi connectivity index (χ0v) is 12.0. The van der Waals surface area contributed by atoms with Crippen LogP contribution in [0.15, 0.2) is 24.3 Å². The molecule has 0 saturated carbocycles. The summed E-state index contributed by atoms with van der Waals surface area (Å²) in [6, 6.07) is 7.96. The maximum Gasteiger partial charge on any atom is 0.123 e. The van der Waals surface area contributed by atoms with Crippen molar-refractivity contribution in [3.8, 4) is 0 Å². The highest BCUT2D eigenvalue weighted by Crippen LogP contribution is 2.21. The maximum atomic E-state index is 13.0. The molecule has 1 aliphatic heterocycles. The summed E-state index contributed by atoms with van der Waals surface area (Å²) in [6.45, 7) is 6.54. The second-order valence-corrected chi connectivity index (χ2v) is 5.49. The van der Waals surface area contributed by atoms with Gasteiger partial charge in [-0.05, 0) is 63.9 Å². The zero-order valence-electron chi connectivity index (χ0n) is 12.0. The first-order valence-electron chi connectivity index (χ1n) is 7.46. The van der Waals surface area contributed by atoms with Crippen LogP contribution in [0, 0.1) is 5.82 Å². The Bertz CT molecular complexity index is 371. The summed E-state index contributed by atoms with van der Waals surface area (Å²) in [5.74, 6) is -0.165. The van der Waals surface area contributed by atoms with Crippen molar-refractivity contribution in [2.75, 3.05) is 18.0 Å². The molecule has 1 aromatic rings. The number of anilines is 1. The van der Waals surface area contributed by atoms with Crippen molar-refractivity contribution < 1.29 is 4.39 Å². The third-order valence-corrected chi connectivity index (χ3v) is 4.07. The number of benzene rings is 1. The van der Waals surface area contributed by atoms with Crippen molar-refractivity contribution in [1.29, 1.82) is 0 Å². The Balaban J connectivity index is 1.97. The molecule has 1 heterocycles. The van der Waals surface area contributed by atoms with E-state index in [0.717, 1.165) is 25.2 Å². The van der Waals surface area contributed by atoms with Gasteiger partial charge < -0.3 is 10.2 Å². The predicted octanol–water partition coefficient (Wildman–Crippen LogP) is 3.57. The van der Waals surface area contributed by atoms with Crippen LogP contribution in [-0.2, 0) is 0 Å². The molecule has 3 heteroatoms. The number of nitrogens with one attached hydrogen (secondary N) is 1. The number of rotatable bonds is 5. The first kappa shape index (κ1) is 14.3. The Hall–Kier alpha value is -1.09. The Labute approximate surface area is 116 Å². The summed E-state index contributed by atoms with van der Waals surface area (Å²) >= 11 is 0. The molecule has 0 bridgehead atoms. The molecule has 1 fully saturated rings. The zero-order chi connectivity index (χ0) is 13.7. The van der Waals surface area contributed by atoms with Crippen molar-refractivity contribution in [3.63, 3.8) is 0 Å². The fourth-order valence-corrected chi connectivity index (χ4v) is 3.05. The van der Waals surface area contributed by atoms with Crippen molar-refractivity contribution in [2.45, 2.75) is 51.6 Å². The number of hydrogen-bond acceptors (Lipinski definition) is 2. The number of nitrogens with zero attached hydrogens (tertiary/aromatic N) is 1. The third-order valence-electron chi connectivity index (χ3n) is 4.07. The van der Waals surface area contributed by atoms with Crippen molar-refractivity contribution in [2.24, 2.45) is 0 Å². The molecule has 106 valence electrons. The van der Waals surface area contributed by atoms with E-state index in [1.165, 1.54) is 19.3 Å². The summed E-state index contributed by atoms with van der Waals surface area (Å²) < 4.78 is 13.0. The van der Waals surface area contributed by atoms with Crippen molar-refractivity contribution >= 4 is 5.69 Å². The van der Waals surface area contributed by atoms with Crippen LogP contribution in [0.1, 0.15) is 39.5 Å². The molecule has 0 aliphatic carbocycles. The van der Waals surface area contributed by atoms with Gasteiger partial charge in [-0.2, -0.15) is 0 Å². The number of piperidine rings is 1. The fourth-order valence-electron chi connectivity index (χ4n) is 3.05. The Morgan fingerprint density at radius 2 is 2.05 bits per heavy atom. The highest BCUT2D eigenvalue weighted by molar-refractivity contribution is 5.47. The lowest BCUT2D eigenvalue weighted by Gasteiger charge is -2.34. The van der Waals surface area contributed by atoms with Gasteiger partial charge in [0.1, 0.15) is 5.82 Å². The van der Waals surface area contributed by atoms with Gasteiger partial charge in [0.2, 0.25) is 0 Å². The molecule has 1 aliphatic rings. The highest BCUT2D eigenvalue weighted by atomic mass is 19.1. The second kappa shape index (κ2) is 6.90. The van der Waals surface area contributed by atoms with Crippen LogP contribution in [0.4, 0.5) is 10.1 Å². The predicted molar refractivity (Wildman–Crippen MR) is 79.1 cm³/mol. The fraction of sp³-hybridized carbons (Fsp3) is 0.625. The van der Waals surface area contributed by atoms with E-state index >= 15 is 0 Å². The van der Waals surface area contributed by atoms with Crippen molar-refractivity contribution in [3.05, 3.63) is 30.1 Å². The quantitative estimate of drug-likeness (QED) is 0.874. The molecular formula is C16H25FN2. The van der Waals surface area contributed by atoms with E-state index in [2.05, 4.69) is 24.1 Å². The van der Waals surface area contributed by atoms with E-state index in [0.29, 0.717) is 12.1 Å². The summed E-state index contributed by atoms with van der Waals surface area (Å²) in [4.78, 5) is 2.36. The van der Waals surface area contributed by atoms with Gasteiger partial charge in [0, 0.05) is 24.3 Å². The monoisotopic (exact) mass is 264 g/mol. The first-order chi connectivity index (χ1) is 9.20. The minimum absolute atomic E-state index is 0.165. The summed E-state index contributed by atoms with van der Waals surface area (Å²) in [6.07, 6.45) is 5.09. The summed E-state index contributed by atoms with van der Waals surface area (Å²) in [7, 11) is 0. The van der Waals surface area contributed by atoms with Gasteiger partial charge in [-0.25, -0.2) is 4.39 Å². The van der Waals surface area contributed by atoms with E-state index in [4.69, 9.17) is 0 Å². The van der Waals surface area contributed by atoms with E-state index in [1.54, 1.807) is 12.1 Å². The molecule has 1 saturated heterocycles. The van der Waals surface area contributed by atoms with Crippen LogP contribution in [-0.4, -0.2) is 25.2 Å². The van der Waals surface area contributed by atoms with E-state index in [-0.39, 0.29) is 5.82 Å². The van der Waals surface area contributed by atoms with E-state index in [1.807, 2.05) is 12.1 Å². The van der Waals surface area contributed by atoms with E-state index in [9.17, 15) is 4.39 Å². The largest absolute Gasteiger partial charge is 0.369 e. The molecule has 0 amide bonds. The van der Waals surface area contributed by atoms with Gasteiger partial charge in [-0.15, -0.1) is 0 Å². The van der Waals surface area contributed by atoms with Gasteiger partial charge in [0.25, 0.3) is 0 Å². The molecule has 2 atom stereocenters. The lowest BCUT2D eigenvalue weighted by atomic mass is 9.98. The van der Waals surface area contributed by atoms with Crippen molar-refractivity contribution in [1.82, 2.24) is 5.32 Å². The summed E-state index contributed by atoms with van der Waals surface area (Å²) in [5.41, 5.74) is 1.12. The highest BCUT2D eigenvalue weighted by Gasteiger charge is 2.19. The second-order valence-electron chi connectivity index (χ2n) is 5.49. The average Bonchev–Trinajstić information content (AvgIpc) is 2.43. The Morgan fingerprint density at radius 1 is 1.32 bits per heavy atom. The molecule has 1 aromatic carbocycles. The molecule has 2 rings (SSSR count). The molecule has 0 radical (unpaired) electrons. The lowest BCUT2D eigenvalue weighted by molar-refractivity contribution is 0.360. The SMILES string of the molecule is CCN(c1ccc(F)cc1)C(C)CC1CCCCN1. The van der Waals surface area contributed by atoms with Crippen LogP contribution < -0.4 is 10.2 Å². The summed E-state index contributed by atoms with van der Waals surface area (Å²) in [5, 5.41) is 3.60. The molecule has 1 N–H and O–H groups in total.